The van der Waals surface area contributed by atoms with Gasteiger partial charge in [0.2, 0.25) is 0 Å². The molecule has 0 atom stereocenters. The molecule has 1 aromatic carbocycles. The third-order valence-corrected chi connectivity index (χ3v) is 3.95. The summed E-state index contributed by atoms with van der Waals surface area (Å²) in [6, 6.07) is 5.00. The minimum atomic E-state index is -0.301. The summed E-state index contributed by atoms with van der Waals surface area (Å²) in [5.41, 5.74) is 1.75. The maximum Gasteiger partial charge on any atom is 0.189 e. The Labute approximate surface area is 105 Å². The minimum Gasteiger partial charge on any atom is -0.356 e. The summed E-state index contributed by atoms with van der Waals surface area (Å²) in [5, 5.41) is 0.444. The molecule has 94 valence electrons. The van der Waals surface area contributed by atoms with Crippen LogP contribution in [0.4, 0.5) is 4.39 Å². The van der Waals surface area contributed by atoms with Crippen molar-refractivity contribution in [3.63, 3.8) is 0 Å². The second-order valence-electron chi connectivity index (χ2n) is 5.19. The van der Waals surface area contributed by atoms with E-state index in [1.807, 2.05) is 0 Å². The standard InChI is InChI=1S/C15H16FNO/c1-9-6-7-11-13(18)8-12(10-4-2-3-5-10)17-15(11)14(9)16/h6-8,10H,2-5H2,1H3,(H,17,18). The van der Waals surface area contributed by atoms with Crippen LogP contribution in [0.3, 0.4) is 0 Å². The van der Waals surface area contributed by atoms with Gasteiger partial charge in [-0.25, -0.2) is 4.39 Å². The SMILES string of the molecule is Cc1ccc2c(=O)cc(C3CCCC3)[nH]c2c1F. The number of aromatic amines is 1. The number of aryl methyl sites for hydroxylation is 1. The van der Waals surface area contributed by atoms with Gasteiger partial charge in [-0.2, -0.15) is 0 Å². The summed E-state index contributed by atoms with van der Waals surface area (Å²) in [7, 11) is 0. The van der Waals surface area contributed by atoms with Gasteiger partial charge in [-0.1, -0.05) is 18.9 Å². The van der Waals surface area contributed by atoms with E-state index in [0.29, 0.717) is 22.4 Å². The molecule has 1 aliphatic rings. The molecule has 0 saturated heterocycles. The minimum absolute atomic E-state index is 0.0791. The van der Waals surface area contributed by atoms with E-state index in [1.54, 1.807) is 25.1 Å². The third-order valence-electron chi connectivity index (χ3n) is 3.95. The lowest BCUT2D eigenvalue weighted by Gasteiger charge is -2.11. The highest BCUT2D eigenvalue weighted by atomic mass is 19.1. The molecular weight excluding hydrogens is 229 g/mol. The van der Waals surface area contributed by atoms with Gasteiger partial charge < -0.3 is 4.98 Å². The van der Waals surface area contributed by atoms with Gasteiger partial charge in [-0.05, 0) is 37.3 Å². The average molecular weight is 245 g/mol. The second kappa shape index (κ2) is 4.23. The summed E-state index contributed by atoms with van der Waals surface area (Å²) < 4.78 is 14.1. The number of pyridine rings is 1. The van der Waals surface area contributed by atoms with Crippen molar-refractivity contribution in [2.45, 2.75) is 38.5 Å². The Morgan fingerprint density at radius 2 is 2.00 bits per heavy atom. The Morgan fingerprint density at radius 1 is 1.28 bits per heavy atom. The van der Waals surface area contributed by atoms with E-state index >= 15 is 0 Å². The largest absolute Gasteiger partial charge is 0.356 e. The molecule has 3 heteroatoms. The molecule has 2 aromatic rings. The molecule has 0 unspecified atom stereocenters. The molecule has 1 N–H and O–H groups in total. The van der Waals surface area contributed by atoms with Crippen LogP contribution in [0.15, 0.2) is 23.0 Å². The van der Waals surface area contributed by atoms with Crippen molar-refractivity contribution >= 4 is 10.9 Å². The molecule has 18 heavy (non-hydrogen) atoms. The summed E-state index contributed by atoms with van der Waals surface area (Å²) in [5.74, 6) is 0.0893. The maximum absolute atomic E-state index is 14.1. The van der Waals surface area contributed by atoms with Crippen LogP contribution in [-0.4, -0.2) is 4.98 Å². The molecule has 0 aliphatic heterocycles. The van der Waals surface area contributed by atoms with Crippen LogP contribution in [-0.2, 0) is 0 Å². The number of aromatic nitrogens is 1. The van der Waals surface area contributed by atoms with Crippen LogP contribution >= 0.6 is 0 Å². The van der Waals surface area contributed by atoms with Crippen molar-refractivity contribution in [2.24, 2.45) is 0 Å². The van der Waals surface area contributed by atoms with Crippen molar-refractivity contribution in [1.29, 1.82) is 0 Å². The van der Waals surface area contributed by atoms with Gasteiger partial charge in [0.15, 0.2) is 5.43 Å². The quantitative estimate of drug-likeness (QED) is 0.817. The lowest BCUT2D eigenvalue weighted by Crippen LogP contribution is -2.09. The van der Waals surface area contributed by atoms with Crippen molar-refractivity contribution in [1.82, 2.24) is 4.98 Å². The fraction of sp³-hybridized carbons (Fsp3) is 0.400. The number of nitrogens with one attached hydrogen (secondary N) is 1. The Kier molecular flexibility index (Phi) is 2.69. The smallest absolute Gasteiger partial charge is 0.189 e. The number of hydrogen-bond acceptors (Lipinski definition) is 1. The Morgan fingerprint density at radius 3 is 2.72 bits per heavy atom. The molecule has 2 nitrogen and oxygen atoms in total. The summed E-state index contributed by atoms with van der Waals surface area (Å²) in [4.78, 5) is 15.2. The third kappa shape index (κ3) is 1.74. The highest BCUT2D eigenvalue weighted by molar-refractivity contribution is 5.80. The van der Waals surface area contributed by atoms with Gasteiger partial charge >= 0.3 is 0 Å². The topological polar surface area (TPSA) is 32.9 Å². The Bertz CT molecular complexity index is 653. The van der Waals surface area contributed by atoms with Crippen LogP contribution in [0.1, 0.15) is 42.9 Å². The predicted molar refractivity (Wildman–Crippen MR) is 70.5 cm³/mol. The molecule has 1 heterocycles. The van der Waals surface area contributed by atoms with Crippen LogP contribution in [0.2, 0.25) is 0 Å². The van der Waals surface area contributed by atoms with Crippen LogP contribution in [0.5, 0.6) is 0 Å². The average Bonchev–Trinajstić information content (AvgIpc) is 2.88. The number of fused-ring (bicyclic) bond motifs is 1. The molecule has 0 radical (unpaired) electrons. The van der Waals surface area contributed by atoms with Crippen molar-refractivity contribution < 1.29 is 4.39 Å². The van der Waals surface area contributed by atoms with E-state index in [2.05, 4.69) is 4.98 Å². The zero-order valence-electron chi connectivity index (χ0n) is 10.4. The monoisotopic (exact) mass is 245 g/mol. The summed E-state index contributed by atoms with van der Waals surface area (Å²) >= 11 is 0. The highest BCUT2D eigenvalue weighted by Crippen LogP contribution is 2.33. The Balaban J connectivity index is 2.24. The molecule has 1 aliphatic carbocycles. The fourth-order valence-corrected chi connectivity index (χ4v) is 2.86. The van der Waals surface area contributed by atoms with E-state index in [4.69, 9.17) is 0 Å². The van der Waals surface area contributed by atoms with Gasteiger partial charge in [-0.15, -0.1) is 0 Å². The normalized spacial score (nSPS) is 16.6. The first kappa shape index (κ1) is 11.5. The number of rotatable bonds is 1. The highest BCUT2D eigenvalue weighted by Gasteiger charge is 2.19. The second-order valence-corrected chi connectivity index (χ2v) is 5.19. The zero-order chi connectivity index (χ0) is 12.7. The van der Waals surface area contributed by atoms with Gasteiger partial charge in [0.1, 0.15) is 5.82 Å². The molecule has 0 spiro atoms. The van der Waals surface area contributed by atoms with Gasteiger partial charge in [0.25, 0.3) is 0 Å². The van der Waals surface area contributed by atoms with Gasteiger partial charge in [0, 0.05) is 17.1 Å². The van der Waals surface area contributed by atoms with Crippen LogP contribution in [0, 0.1) is 12.7 Å². The maximum atomic E-state index is 14.1. The number of halogens is 1. The molecule has 0 amide bonds. The van der Waals surface area contributed by atoms with E-state index in [0.717, 1.165) is 18.5 Å². The molecular formula is C15H16FNO. The number of benzene rings is 1. The van der Waals surface area contributed by atoms with E-state index < -0.39 is 0 Å². The lowest BCUT2D eigenvalue weighted by molar-refractivity contribution is 0.624. The van der Waals surface area contributed by atoms with Crippen molar-refractivity contribution in [2.75, 3.05) is 0 Å². The molecule has 1 aromatic heterocycles. The van der Waals surface area contributed by atoms with Crippen LogP contribution < -0.4 is 5.43 Å². The van der Waals surface area contributed by atoms with E-state index in [1.165, 1.54) is 12.8 Å². The number of hydrogen-bond donors (Lipinski definition) is 1. The van der Waals surface area contributed by atoms with E-state index in [-0.39, 0.29) is 11.2 Å². The van der Waals surface area contributed by atoms with Gasteiger partial charge in [-0.3, -0.25) is 4.79 Å². The lowest BCUT2D eigenvalue weighted by atomic mass is 10.0. The molecule has 0 bridgehead atoms. The van der Waals surface area contributed by atoms with E-state index in [9.17, 15) is 9.18 Å². The first-order valence-corrected chi connectivity index (χ1v) is 6.49. The Hall–Kier alpha value is -1.64. The summed E-state index contributed by atoms with van der Waals surface area (Å²) in [6.07, 6.45) is 4.58. The molecule has 1 saturated carbocycles. The van der Waals surface area contributed by atoms with Crippen molar-refractivity contribution in [3.8, 4) is 0 Å². The predicted octanol–water partition coefficient (Wildman–Crippen LogP) is 3.63. The summed E-state index contributed by atoms with van der Waals surface area (Å²) in [6.45, 7) is 1.72. The molecule has 1 fully saturated rings. The first-order valence-electron chi connectivity index (χ1n) is 6.49. The number of H-pyrrole nitrogens is 1. The first-order chi connectivity index (χ1) is 8.66. The van der Waals surface area contributed by atoms with Gasteiger partial charge in [0.05, 0.1) is 5.52 Å². The fourth-order valence-electron chi connectivity index (χ4n) is 2.86. The zero-order valence-corrected chi connectivity index (χ0v) is 10.4. The van der Waals surface area contributed by atoms with Crippen molar-refractivity contribution in [3.05, 3.63) is 45.5 Å². The van der Waals surface area contributed by atoms with Crippen LogP contribution in [0.25, 0.3) is 10.9 Å². The molecule has 3 rings (SSSR count).